The van der Waals surface area contributed by atoms with E-state index in [-0.39, 0.29) is 0 Å². The summed E-state index contributed by atoms with van der Waals surface area (Å²) in [5.74, 6) is 1.49. The Kier molecular flexibility index (Phi) is 4.56. The van der Waals surface area contributed by atoms with Gasteiger partial charge in [0, 0.05) is 29.9 Å². The van der Waals surface area contributed by atoms with Crippen LogP contribution >= 0.6 is 0 Å². The van der Waals surface area contributed by atoms with Crippen LogP contribution < -0.4 is 16.0 Å². The van der Waals surface area contributed by atoms with Gasteiger partial charge in [-0.3, -0.25) is 4.98 Å². The van der Waals surface area contributed by atoms with Crippen molar-refractivity contribution in [2.24, 2.45) is 0 Å². The number of pyridine rings is 1. The van der Waals surface area contributed by atoms with Gasteiger partial charge in [-0.15, -0.1) is 0 Å². The first kappa shape index (κ1) is 16.6. The molecule has 0 saturated carbocycles. The van der Waals surface area contributed by atoms with Gasteiger partial charge >= 0.3 is 0 Å². The summed E-state index contributed by atoms with van der Waals surface area (Å²) in [5, 5.41) is 4.43. The molecule has 6 heteroatoms. The number of aromatic nitrogens is 3. The SMILES string of the molecule is CCC1CCCCN1c1ncnc(Nc2cccc3ncccc23)c1N. The van der Waals surface area contributed by atoms with Crippen LogP contribution in [0, 0.1) is 0 Å². The summed E-state index contributed by atoms with van der Waals surface area (Å²) in [4.78, 5) is 15.6. The van der Waals surface area contributed by atoms with Crippen LogP contribution in [0.1, 0.15) is 32.6 Å². The first-order chi connectivity index (χ1) is 12.8. The van der Waals surface area contributed by atoms with Gasteiger partial charge in [0.05, 0.1) is 5.52 Å². The van der Waals surface area contributed by atoms with Gasteiger partial charge in [0.15, 0.2) is 11.6 Å². The maximum absolute atomic E-state index is 6.48. The minimum atomic E-state index is 0.496. The Morgan fingerprint density at radius 2 is 2.08 bits per heavy atom. The molecule has 134 valence electrons. The van der Waals surface area contributed by atoms with E-state index in [1.165, 1.54) is 19.3 Å². The molecule has 3 aromatic rings. The molecule has 0 aliphatic carbocycles. The van der Waals surface area contributed by atoms with Crippen LogP contribution in [-0.2, 0) is 0 Å². The molecule has 0 radical (unpaired) electrons. The van der Waals surface area contributed by atoms with Crippen LogP contribution in [0.2, 0.25) is 0 Å². The second-order valence-corrected chi connectivity index (χ2v) is 6.71. The molecule has 4 rings (SSSR count). The monoisotopic (exact) mass is 348 g/mol. The summed E-state index contributed by atoms with van der Waals surface area (Å²) < 4.78 is 0. The number of anilines is 4. The zero-order valence-corrected chi connectivity index (χ0v) is 15.0. The third-order valence-electron chi connectivity index (χ3n) is 5.13. The third kappa shape index (κ3) is 3.03. The van der Waals surface area contributed by atoms with E-state index < -0.39 is 0 Å². The minimum Gasteiger partial charge on any atom is -0.393 e. The maximum Gasteiger partial charge on any atom is 0.159 e. The molecule has 1 fully saturated rings. The summed E-state index contributed by atoms with van der Waals surface area (Å²) in [6, 6.07) is 10.5. The summed E-state index contributed by atoms with van der Waals surface area (Å²) in [5.41, 5.74) is 8.96. The van der Waals surface area contributed by atoms with Crippen molar-refractivity contribution >= 4 is 33.9 Å². The summed E-state index contributed by atoms with van der Waals surface area (Å²) >= 11 is 0. The molecule has 1 aliphatic rings. The maximum atomic E-state index is 6.48. The highest BCUT2D eigenvalue weighted by molar-refractivity contribution is 5.94. The van der Waals surface area contributed by atoms with Gasteiger partial charge in [-0.1, -0.05) is 13.0 Å². The minimum absolute atomic E-state index is 0.496. The number of hydrogen-bond acceptors (Lipinski definition) is 6. The summed E-state index contributed by atoms with van der Waals surface area (Å²) in [6.45, 7) is 3.22. The van der Waals surface area contributed by atoms with E-state index in [1.54, 1.807) is 12.5 Å². The third-order valence-corrected chi connectivity index (χ3v) is 5.13. The predicted octanol–water partition coefficient (Wildman–Crippen LogP) is 4.12. The Morgan fingerprint density at radius 3 is 2.96 bits per heavy atom. The first-order valence-electron chi connectivity index (χ1n) is 9.26. The molecule has 0 spiro atoms. The smallest absolute Gasteiger partial charge is 0.159 e. The quantitative estimate of drug-likeness (QED) is 0.738. The van der Waals surface area contributed by atoms with Crippen LogP contribution in [-0.4, -0.2) is 27.5 Å². The van der Waals surface area contributed by atoms with Gasteiger partial charge in [0.2, 0.25) is 0 Å². The van der Waals surface area contributed by atoms with Gasteiger partial charge in [0.25, 0.3) is 0 Å². The topological polar surface area (TPSA) is 80.0 Å². The number of piperidine rings is 1. The van der Waals surface area contributed by atoms with E-state index in [2.05, 4.69) is 32.1 Å². The number of nitrogens with zero attached hydrogens (tertiary/aromatic N) is 4. The van der Waals surface area contributed by atoms with Gasteiger partial charge in [-0.2, -0.15) is 0 Å². The average molecular weight is 348 g/mol. The largest absolute Gasteiger partial charge is 0.393 e. The molecule has 2 aromatic heterocycles. The number of rotatable bonds is 4. The first-order valence-corrected chi connectivity index (χ1v) is 9.26. The number of hydrogen-bond donors (Lipinski definition) is 2. The van der Waals surface area contributed by atoms with Gasteiger partial charge in [-0.25, -0.2) is 9.97 Å². The van der Waals surface area contributed by atoms with Crippen molar-refractivity contribution in [3.8, 4) is 0 Å². The van der Waals surface area contributed by atoms with Crippen LogP contribution in [0.3, 0.4) is 0 Å². The molecule has 1 saturated heterocycles. The molecular formula is C20H24N6. The molecule has 3 N–H and O–H groups in total. The Hall–Kier alpha value is -2.89. The lowest BCUT2D eigenvalue weighted by atomic mass is 10.00. The zero-order chi connectivity index (χ0) is 17.9. The zero-order valence-electron chi connectivity index (χ0n) is 15.0. The summed E-state index contributed by atoms with van der Waals surface area (Å²) in [7, 11) is 0. The number of fused-ring (bicyclic) bond motifs is 1. The lowest BCUT2D eigenvalue weighted by Crippen LogP contribution is -2.40. The Bertz CT molecular complexity index is 904. The van der Waals surface area contributed by atoms with E-state index in [0.717, 1.165) is 35.4 Å². The number of benzene rings is 1. The Morgan fingerprint density at radius 1 is 1.15 bits per heavy atom. The number of nitrogens with one attached hydrogen (secondary N) is 1. The van der Waals surface area contributed by atoms with E-state index >= 15 is 0 Å². The van der Waals surface area contributed by atoms with Crippen molar-refractivity contribution in [1.29, 1.82) is 0 Å². The van der Waals surface area contributed by atoms with Crippen LogP contribution in [0.25, 0.3) is 10.9 Å². The molecular weight excluding hydrogens is 324 g/mol. The predicted molar refractivity (Wildman–Crippen MR) is 107 cm³/mol. The van der Waals surface area contributed by atoms with E-state index in [1.807, 2.05) is 30.3 Å². The van der Waals surface area contributed by atoms with E-state index in [0.29, 0.717) is 17.5 Å². The molecule has 6 nitrogen and oxygen atoms in total. The molecule has 0 amide bonds. The fourth-order valence-electron chi connectivity index (χ4n) is 3.76. The molecule has 1 unspecified atom stereocenters. The van der Waals surface area contributed by atoms with Crippen molar-refractivity contribution in [3.05, 3.63) is 42.9 Å². The average Bonchev–Trinajstić information content (AvgIpc) is 2.70. The van der Waals surface area contributed by atoms with Crippen molar-refractivity contribution in [3.63, 3.8) is 0 Å². The highest BCUT2D eigenvalue weighted by Crippen LogP contribution is 2.34. The lowest BCUT2D eigenvalue weighted by Gasteiger charge is -2.36. The van der Waals surface area contributed by atoms with Crippen LogP contribution in [0.15, 0.2) is 42.9 Å². The molecule has 26 heavy (non-hydrogen) atoms. The fraction of sp³-hybridized carbons (Fsp3) is 0.350. The highest BCUT2D eigenvalue weighted by Gasteiger charge is 2.25. The number of nitrogen functional groups attached to an aromatic ring is 1. The van der Waals surface area contributed by atoms with E-state index in [4.69, 9.17) is 5.73 Å². The molecule has 1 aliphatic heterocycles. The van der Waals surface area contributed by atoms with Crippen molar-refractivity contribution in [2.75, 3.05) is 22.5 Å². The van der Waals surface area contributed by atoms with Crippen molar-refractivity contribution in [2.45, 2.75) is 38.6 Å². The summed E-state index contributed by atoms with van der Waals surface area (Å²) in [6.07, 6.45) is 8.13. The second kappa shape index (κ2) is 7.15. The molecule has 3 heterocycles. The number of nitrogens with two attached hydrogens (primary N) is 1. The van der Waals surface area contributed by atoms with Gasteiger partial charge in [-0.05, 0) is 49.9 Å². The Balaban J connectivity index is 1.69. The standard InChI is InChI=1S/C20H24N6/c1-2-14-7-3-4-12-26(14)20-18(21)19(23-13-24-20)25-17-10-5-9-16-15(17)8-6-11-22-16/h5-6,8-11,13-14H,2-4,7,12,21H2,1H3,(H,23,24,25). The molecule has 1 aromatic carbocycles. The van der Waals surface area contributed by atoms with Crippen molar-refractivity contribution in [1.82, 2.24) is 15.0 Å². The van der Waals surface area contributed by atoms with Crippen LogP contribution in [0.4, 0.5) is 23.0 Å². The van der Waals surface area contributed by atoms with Crippen LogP contribution in [0.5, 0.6) is 0 Å². The van der Waals surface area contributed by atoms with Gasteiger partial charge in [0.1, 0.15) is 12.0 Å². The Labute approximate surface area is 153 Å². The van der Waals surface area contributed by atoms with Crippen molar-refractivity contribution < 1.29 is 0 Å². The van der Waals surface area contributed by atoms with Gasteiger partial charge < -0.3 is 16.0 Å². The lowest BCUT2D eigenvalue weighted by molar-refractivity contribution is 0.447. The molecule has 1 atom stereocenters. The fourth-order valence-corrected chi connectivity index (χ4v) is 3.76. The normalized spacial score (nSPS) is 17.4. The highest BCUT2D eigenvalue weighted by atomic mass is 15.2. The van der Waals surface area contributed by atoms with E-state index in [9.17, 15) is 0 Å². The second-order valence-electron chi connectivity index (χ2n) is 6.71. The molecule has 0 bridgehead atoms.